The highest BCUT2D eigenvalue weighted by molar-refractivity contribution is 5.82. The van der Waals surface area contributed by atoms with Gasteiger partial charge in [0.05, 0.1) is 6.04 Å². The Morgan fingerprint density at radius 1 is 1.59 bits per heavy atom. The highest BCUT2D eigenvalue weighted by atomic mass is 16.2. The summed E-state index contributed by atoms with van der Waals surface area (Å²) in [4.78, 5) is 22.7. The van der Waals surface area contributed by atoms with Crippen LogP contribution in [0.4, 0.5) is 0 Å². The number of amides is 2. The Morgan fingerprint density at radius 3 is 2.76 bits per heavy atom. The van der Waals surface area contributed by atoms with Crippen LogP contribution in [0.15, 0.2) is 0 Å². The van der Waals surface area contributed by atoms with Crippen molar-refractivity contribution in [2.24, 2.45) is 17.6 Å². The summed E-state index contributed by atoms with van der Waals surface area (Å²) in [7, 11) is 0. The fraction of sp³-hybridized carbons (Fsp3) is 0.833. The molecule has 0 aromatic heterocycles. The molecule has 0 spiro atoms. The van der Waals surface area contributed by atoms with Crippen molar-refractivity contribution in [3.63, 3.8) is 0 Å². The first-order chi connectivity index (χ1) is 8.01. The van der Waals surface area contributed by atoms with Crippen LogP contribution in [0.2, 0.25) is 0 Å². The third kappa shape index (κ3) is 5.17. The zero-order valence-corrected chi connectivity index (χ0v) is 10.7. The molecular formula is C12H23N3O2. The number of carbonyl (C=O) groups excluding carboxylic acids is 2. The third-order valence-corrected chi connectivity index (χ3v) is 2.95. The standard InChI is InChI=1S/C12H23N3O2/c1-8(2)3-9(6-13)4-12(17)15-10-5-11(16)14-7-10/h8-10H,3-7,13H2,1-2H3,(H,14,16)(H,15,17)/t9-,10?/m0/s1. The highest BCUT2D eigenvalue weighted by Gasteiger charge is 2.23. The van der Waals surface area contributed by atoms with Gasteiger partial charge in [-0.1, -0.05) is 13.8 Å². The van der Waals surface area contributed by atoms with Crippen molar-refractivity contribution in [2.45, 2.75) is 39.2 Å². The second-order valence-corrected chi connectivity index (χ2v) is 5.21. The molecular weight excluding hydrogens is 218 g/mol. The zero-order chi connectivity index (χ0) is 12.8. The molecule has 1 saturated heterocycles. The second kappa shape index (κ2) is 6.59. The van der Waals surface area contributed by atoms with E-state index in [9.17, 15) is 9.59 Å². The van der Waals surface area contributed by atoms with Crippen molar-refractivity contribution >= 4 is 11.8 Å². The van der Waals surface area contributed by atoms with Crippen LogP contribution in [-0.4, -0.2) is 30.9 Å². The van der Waals surface area contributed by atoms with Gasteiger partial charge in [-0.25, -0.2) is 0 Å². The molecule has 2 atom stereocenters. The molecule has 98 valence electrons. The lowest BCUT2D eigenvalue weighted by Gasteiger charge is -2.18. The van der Waals surface area contributed by atoms with Crippen LogP contribution in [0.1, 0.15) is 33.1 Å². The van der Waals surface area contributed by atoms with Gasteiger partial charge in [0.2, 0.25) is 11.8 Å². The van der Waals surface area contributed by atoms with E-state index >= 15 is 0 Å². The van der Waals surface area contributed by atoms with Gasteiger partial charge in [-0.2, -0.15) is 0 Å². The molecule has 1 heterocycles. The molecule has 1 rings (SSSR count). The van der Waals surface area contributed by atoms with Crippen molar-refractivity contribution in [1.29, 1.82) is 0 Å². The number of hydrogen-bond donors (Lipinski definition) is 3. The summed E-state index contributed by atoms with van der Waals surface area (Å²) in [6.45, 7) is 5.33. The molecule has 5 nitrogen and oxygen atoms in total. The molecule has 0 bridgehead atoms. The van der Waals surface area contributed by atoms with Crippen LogP contribution >= 0.6 is 0 Å². The molecule has 1 unspecified atom stereocenters. The molecule has 0 aliphatic carbocycles. The molecule has 17 heavy (non-hydrogen) atoms. The van der Waals surface area contributed by atoms with E-state index in [1.807, 2.05) is 0 Å². The number of rotatable bonds is 6. The van der Waals surface area contributed by atoms with E-state index in [-0.39, 0.29) is 23.8 Å². The van der Waals surface area contributed by atoms with Crippen LogP contribution in [0.3, 0.4) is 0 Å². The summed E-state index contributed by atoms with van der Waals surface area (Å²) < 4.78 is 0. The van der Waals surface area contributed by atoms with E-state index in [1.165, 1.54) is 0 Å². The van der Waals surface area contributed by atoms with Crippen LogP contribution in [0.25, 0.3) is 0 Å². The van der Waals surface area contributed by atoms with E-state index in [0.717, 1.165) is 6.42 Å². The van der Waals surface area contributed by atoms with Crippen LogP contribution in [0.5, 0.6) is 0 Å². The molecule has 4 N–H and O–H groups in total. The molecule has 1 aliphatic rings. The minimum atomic E-state index is -0.0486. The molecule has 1 fully saturated rings. The lowest BCUT2D eigenvalue weighted by Crippen LogP contribution is -2.38. The number of nitrogens with one attached hydrogen (secondary N) is 2. The first-order valence-corrected chi connectivity index (χ1v) is 6.27. The largest absolute Gasteiger partial charge is 0.354 e. The molecule has 0 aromatic rings. The summed E-state index contributed by atoms with van der Waals surface area (Å²) in [6, 6.07) is -0.0486. The van der Waals surface area contributed by atoms with Gasteiger partial charge in [0.25, 0.3) is 0 Å². The Kier molecular flexibility index (Phi) is 5.41. The van der Waals surface area contributed by atoms with Gasteiger partial charge in [-0.15, -0.1) is 0 Å². The van der Waals surface area contributed by atoms with E-state index in [1.54, 1.807) is 0 Å². The monoisotopic (exact) mass is 241 g/mol. The van der Waals surface area contributed by atoms with Crippen molar-refractivity contribution in [3.05, 3.63) is 0 Å². The number of nitrogens with two attached hydrogens (primary N) is 1. The summed E-state index contributed by atoms with van der Waals surface area (Å²) in [5.74, 6) is 0.793. The topological polar surface area (TPSA) is 84.2 Å². The maximum absolute atomic E-state index is 11.8. The van der Waals surface area contributed by atoms with E-state index in [0.29, 0.717) is 31.8 Å². The van der Waals surface area contributed by atoms with Gasteiger partial charge >= 0.3 is 0 Å². The van der Waals surface area contributed by atoms with Gasteiger partial charge < -0.3 is 16.4 Å². The molecule has 0 aromatic carbocycles. The Bertz CT molecular complexity index is 279. The van der Waals surface area contributed by atoms with E-state index < -0.39 is 0 Å². The van der Waals surface area contributed by atoms with Gasteiger partial charge in [-0.3, -0.25) is 9.59 Å². The average molecular weight is 241 g/mol. The molecule has 1 aliphatic heterocycles. The van der Waals surface area contributed by atoms with Crippen LogP contribution in [0, 0.1) is 11.8 Å². The molecule has 0 saturated carbocycles. The van der Waals surface area contributed by atoms with Crippen LogP contribution < -0.4 is 16.4 Å². The summed E-state index contributed by atoms with van der Waals surface area (Å²) in [6.07, 6.45) is 1.81. The predicted octanol–water partition coefficient (Wildman–Crippen LogP) is 0.00220. The lowest BCUT2D eigenvalue weighted by atomic mass is 9.94. The van der Waals surface area contributed by atoms with Gasteiger partial charge in [-0.05, 0) is 24.8 Å². The lowest BCUT2D eigenvalue weighted by molar-refractivity contribution is -0.122. The SMILES string of the molecule is CC(C)C[C@H](CN)CC(=O)NC1CNC(=O)C1. The van der Waals surface area contributed by atoms with Crippen molar-refractivity contribution < 1.29 is 9.59 Å². The fourth-order valence-corrected chi connectivity index (χ4v) is 2.19. The van der Waals surface area contributed by atoms with E-state index in [4.69, 9.17) is 5.73 Å². The third-order valence-electron chi connectivity index (χ3n) is 2.95. The van der Waals surface area contributed by atoms with E-state index in [2.05, 4.69) is 24.5 Å². The maximum Gasteiger partial charge on any atom is 0.222 e. The Balaban J connectivity index is 2.29. The molecule has 0 radical (unpaired) electrons. The number of carbonyl (C=O) groups is 2. The fourth-order valence-electron chi connectivity index (χ4n) is 2.19. The highest BCUT2D eigenvalue weighted by Crippen LogP contribution is 2.14. The maximum atomic E-state index is 11.8. The Labute approximate surface area is 103 Å². The number of hydrogen-bond acceptors (Lipinski definition) is 3. The van der Waals surface area contributed by atoms with Gasteiger partial charge in [0.15, 0.2) is 0 Å². The molecule has 5 heteroatoms. The molecule has 2 amide bonds. The summed E-state index contributed by atoms with van der Waals surface area (Å²) >= 11 is 0. The van der Waals surface area contributed by atoms with Crippen molar-refractivity contribution in [2.75, 3.05) is 13.1 Å². The Morgan fingerprint density at radius 2 is 2.29 bits per heavy atom. The smallest absolute Gasteiger partial charge is 0.222 e. The average Bonchev–Trinajstić information content (AvgIpc) is 2.62. The minimum absolute atomic E-state index is 0.00241. The zero-order valence-electron chi connectivity index (χ0n) is 10.7. The second-order valence-electron chi connectivity index (χ2n) is 5.21. The first-order valence-electron chi connectivity index (χ1n) is 6.27. The van der Waals surface area contributed by atoms with Crippen molar-refractivity contribution in [1.82, 2.24) is 10.6 Å². The predicted molar refractivity (Wildman–Crippen MR) is 66.2 cm³/mol. The van der Waals surface area contributed by atoms with Gasteiger partial charge in [0.1, 0.15) is 0 Å². The summed E-state index contributed by atoms with van der Waals surface area (Å²) in [5, 5.41) is 5.57. The van der Waals surface area contributed by atoms with Crippen LogP contribution in [-0.2, 0) is 9.59 Å². The van der Waals surface area contributed by atoms with Gasteiger partial charge in [0, 0.05) is 19.4 Å². The minimum Gasteiger partial charge on any atom is -0.354 e. The quantitative estimate of drug-likeness (QED) is 0.612. The first kappa shape index (κ1) is 14.0. The normalized spacial score (nSPS) is 21.4. The van der Waals surface area contributed by atoms with Crippen molar-refractivity contribution in [3.8, 4) is 0 Å². The Hall–Kier alpha value is -1.10. The summed E-state index contributed by atoms with van der Waals surface area (Å²) in [5.41, 5.74) is 5.65.